The average molecular weight is 347 g/mol. The van der Waals surface area contributed by atoms with Crippen LogP contribution in [0.5, 0.6) is 0 Å². The number of rotatable bonds is 3. The Morgan fingerprint density at radius 3 is 2.95 bits per heavy atom. The van der Waals surface area contributed by atoms with Crippen molar-refractivity contribution in [3.05, 3.63) is 33.8 Å². The van der Waals surface area contributed by atoms with Gasteiger partial charge in [-0.05, 0) is 47.4 Å². The predicted octanol–water partition coefficient (Wildman–Crippen LogP) is 2.69. The molecule has 0 aliphatic carbocycles. The number of likely N-dealkylation sites (tertiary alicyclic amines) is 1. The van der Waals surface area contributed by atoms with E-state index in [2.05, 4.69) is 21.2 Å². The standard InChI is InChI=1S/C14H17BrF2N2O/c1-18-14(20)9-3-2-6-19(7-9)8-10-12(16)5-4-11(15)13(10)17/h4-5,9H,2-3,6-8H2,1H3,(H,18,20). The summed E-state index contributed by atoms with van der Waals surface area (Å²) in [6.45, 7) is 1.47. The average Bonchev–Trinajstić information content (AvgIpc) is 2.47. The van der Waals surface area contributed by atoms with Gasteiger partial charge in [0.25, 0.3) is 0 Å². The van der Waals surface area contributed by atoms with Gasteiger partial charge in [-0.3, -0.25) is 9.69 Å². The number of piperidine rings is 1. The SMILES string of the molecule is CNC(=O)C1CCCN(Cc2c(F)ccc(Br)c2F)C1. The topological polar surface area (TPSA) is 32.3 Å². The Balaban J connectivity index is 2.10. The fourth-order valence-electron chi connectivity index (χ4n) is 2.55. The van der Waals surface area contributed by atoms with Gasteiger partial charge in [-0.25, -0.2) is 8.78 Å². The number of hydrogen-bond donors (Lipinski definition) is 1. The minimum absolute atomic E-state index is 0.00936. The summed E-state index contributed by atoms with van der Waals surface area (Å²) >= 11 is 3.07. The van der Waals surface area contributed by atoms with Gasteiger partial charge in [-0.1, -0.05) is 0 Å². The van der Waals surface area contributed by atoms with Gasteiger partial charge in [-0.2, -0.15) is 0 Å². The van der Waals surface area contributed by atoms with Gasteiger partial charge in [0.1, 0.15) is 11.6 Å². The lowest BCUT2D eigenvalue weighted by molar-refractivity contribution is -0.126. The molecule has 1 heterocycles. The van der Waals surface area contributed by atoms with Crippen molar-refractivity contribution in [2.24, 2.45) is 5.92 Å². The van der Waals surface area contributed by atoms with E-state index in [1.54, 1.807) is 7.05 Å². The first-order chi connectivity index (χ1) is 9.52. The molecule has 1 aliphatic rings. The molecular weight excluding hydrogens is 330 g/mol. The molecule has 1 fully saturated rings. The maximum atomic E-state index is 13.9. The number of hydrogen-bond acceptors (Lipinski definition) is 2. The van der Waals surface area contributed by atoms with Crippen LogP contribution >= 0.6 is 15.9 Å². The van der Waals surface area contributed by atoms with Crippen molar-refractivity contribution in [3.8, 4) is 0 Å². The molecule has 1 saturated heterocycles. The van der Waals surface area contributed by atoms with Crippen molar-refractivity contribution in [1.29, 1.82) is 0 Å². The summed E-state index contributed by atoms with van der Waals surface area (Å²) in [6, 6.07) is 2.61. The zero-order valence-corrected chi connectivity index (χ0v) is 12.8. The molecule has 0 spiro atoms. The summed E-state index contributed by atoms with van der Waals surface area (Å²) in [5, 5.41) is 2.63. The molecule has 1 unspecified atom stereocenters. The van der Waals surface area contributed by atoms with Crippen LogP contribution in [0.3, 0.4) is 0 Å². The zero-order chi connectivity index (χ0) is 14.7. The van der Waals surface area contributed by atoms with Crippen LogP contribution in [0.2, 0.25) is 0 Å². The van der Waals surface area contributed by atoms with E-state index in [0.29, 0.717) is 6.54 Å². The van der Waals surface area contributed by atoms with Gasteiger partial charge in [0.2, 0.25) is 5.91 Å². The molecule has 3 nitrogen and oxygen atoms in total. The van der Waals surface area contributed by atoms with Gasteiger partial charge in [0.15, 0.2) is 0 Å². The lowest BCUT2D eigenvalue weighted by Gasteiger charge is -2.31. The first-order valence-corrected chi connectivity index (χ1v) is 7.38. The van der Waals surface area contributed by atoms with Gasteiger partial charge in [-0.15, -0.1) is 0 Å². The zero-order valence-electron chi connectivity index (χ0n) is 11.3. The molecular formula is C14H17BrF2N2O. The molecule has 1 aliphatic heterocycles. The molecule has 6 heteroatoms. The third-order valence-electron chi connectivity index (χ3n) is 3.64. The molecule has 2 rings (SSSR count). The molecule has 0 radical (unpaired) electrons. The van der Waals surface area contributed by atoms with Crippen LogP contribution in [0.1, 0.15) is 18.4 Å². The lowest BCUT2D eigenvalue weighted by Crippen LogP contribution is -2.41. The highest BCUT2D eigenvalue weighted by Gasteiger charge is 2.26. The fraction of sp³-hybridized carbons (Fsp3) is 0.500. The second kappa shape index (κ2) is 6.63. The molecule has 0 aromatic heterocycles. The molecule has 110 valence electrons. The van der Waals surface area contributed by atoms with Gasteiger partial charge in [0, 0.05) is 25.7 Å². The molecule has 20 heavy (non-hydrogen) atoms. The first-order valence-electron chi connectivity index (χ1n) is 6.59. The van der Waals surface area contributed by atoms with E-state index in [4.69, 9.17) is 0 Å². The summed E-state index contributed by atoms with van der Waals surface area (Å²) in [4.78, 5) is 13.6. The Labute approximate surface area is 125 Å². The van der Waals surface area contributed by atoms with E-state index in [9.17, 15) is 13.6 Å². The van der Waals surface area contributed by atoms with Gasteiger partial charge in [0.05, 0.1) is 10.4 Å². The number of halogens is 3. The third-order valence-corrected chi connectivity index (χ3v) is 4.26. The van der Waals surface area contributed by atoms with Gasteiger partial charge >= 0.3 is 0 Å². The third kappa shape index (κ3) is 3.35. The summed E-state index contributed by atoms with van der Waals surface area (Å²) in [7, 11) is 1.61. The maximum Gasteiger partial charge on any atom is 0.224 e. The van der Waals surface area contributed by atoms with Crippen LogP contribution in [-0.4, -0.2) is 30.9 Å². The largest absolute Gasteiger partial charge is 0.359 e. The summed E-state index contributed by atoms with van der Waals surface area (Å²) in [5.41, 5.74) is 0.0527. The normalized spacial score (nSPS) is 19.9. The van der Waals surface area contributed by atoms with E-state index in [1.165, 1.54) is 12.1 Å². The minimum atomic E-state index is -0.563. The molecule has 1 aromatic carbocycles. The quantitative estimate of drug-likeness (QED) is 0.853. The van der Waals surface area contributed by atoms with Crippen molar-refractivity contribution in [3.63, 3.8) is 0 Å². The highest BCUT2D eigenvalue weighted by Crippen LogP contribution is 2.25. The number of nitrogens with one attached hydrogen (secondary N) is 1. The monoisotopic (exact) mass is 346 g/mol. The van der Waals surface area contributed by atoms with Crippen molar-refractivity contribution >= 4 is 21.8 Å². The van der Waals surface area contributed by atoms with Crippen LogP contribution in [-0.2, 0) is 11.3 Å². The first kappa shape index (κ1) is 15.4. The highest BCUT2D eigenvalue weighted by atomic mass is 79.9. The number of amides is 1. The Kier molecular flexibility index (Phi) is 5.10. The van der Waals surface area contributed by atoms with E-state index in [-0.39, 0.29) is 28.4 Å². The molecule has 0 bridgehead atoms. The smallest absolute Gasteiger partial charge is 0.224 e. The van der Waals surface area contributed by atoms with Crippen LogP contribution in [0.15, 0.2) is 16.6 Å². The van der Waals surface area contributed by atoms with E-state index in [1.807, 2.05) is 4.90 Å². The highest BCUT2D eigenvalue weighted by molar-refractivity contribution is 9.10. The van der Waals surface area contributed by atoms with Gasteiger partial charge < -0.3 is 5.32 Å². The summed E-state index contributed by atoms with van der Waals surface area (Å²) in [6.07, 6.45) is 1.68. The van der Waals surface area contributed by atoms with E-state index < -0.39 is 11.6 Å². The lowest BCUT2D eigenvalue weighted by atomic mass is 9.96. The minimum Gasteiger partial charge on any atom is -0.359 e. The Morgan fingerprint density at radius 2 is 2.25 bits per heavy atom. The second-order valence-electron chi connectivity index (χ2n) is 5.01. The molecule has 1 aromatic rings. The van der Waals surface area contributed by atoms with E-state index >= 15 is 0 Å². The van der Waals surface area contributed by atoms with Crippen LogP contribution in [0.25, 0.3) is 0 Å². The molecule has 1 atom stereocenters. The number of benzene rings is 1. The van der Waals surface area contributed by atoms with Crippen molar-refractivity contribution < 1.29 is 13.6 Å². The number of carbonyl (C=O) groups excluding carboxylic acids is 1. The maximum absolute atomic E-state index is 13.9. The van der Waals surface area contributed by atoms with E-state index in [0.717, 1.165) is 19.4 Å². The second-order valence-corrected chi connectivity index (χ2v) is 5.86. The van der Waals surface area contributed by atoms with Crippen molar-refractivity contribution in [2.45, 2.75) is 19.4 Å². The van der Waals surface area contributed by atoms with Crippen LogP contribution in [0.4, 0.5) is 8.78 Å². The molecule has 1 N–H and O–H groups in total. The fourth-order valence-corrected chi connectivity index (χ4v) is 2.93. The number of carbonyl (C=O) groups is 1. The Hall–Kier alpha value is -1.01. The molecule has 0 saturated carbocycles. The Morgan fingerprint density at radius 1 is 1.50 bits per heavy atom. The van der Waals surface area contributed by atoms with Crippen molar-refractivity contribution in [1.82, 2.24) is 10.2 Å². The summed E-state index contributed by atoms with van der Waals surface area (Å²) in [5.74, 6) is -1.23. The summed E-state index contributed by atoms with van der Waals surface area (Å²) < 4.78 is 27.9. The predicted molar refractivity (Wildman–Crippen MR) is 76.1 cm³/mol. The van der Waals surface area contributed by atoms with Crippen LogP contribution < -0.4 is 5.32 Å². The Bertz CT molecular complexity index is 510. The van der Waals surface area contributed by atoms with Crippen LogP contribution in [0, 0.1) is 17.6 Å². The number of nitrogens with zero attached hydrogens (tertiary/aromatic N) is 1. The van der Waals surface area contributed by atoms with Crippen molar-refractivity contribution in [2.75, 3.05) is 20.1 Å². The molecule has 1 amide bonds.